The Balaban J connectivity index is 1.92. The summed E-state index contributed by atoms with van der Waals surface area (Å²) in [5.74, 6) is 1.30. The number of nitrogens with zero attached hydrogens (tertiary/aromatic N) is 3. The average Bonchev–Trinajstić information content (AvgIpc) is 2.82. The van der Waals surface area contributed by atoms with Crippen LogP contribution < -0.4 is 20.5 Å². The molecule has 0 amide bonds. The molecule has 0 aliphatic carbocycles. The van der Waals surface area contributed by atoms with Crippen LogP contribution in [-0.4, -0.2) is 29.4 Å². The number of nitriles is 1. The molecule has 170 valence electrons. The van der Waals surface area contributed by atoms with Crippen LogP contribution in [0.3, 0.4) is 0 Å². The van der Waals surface area contributed by atoms with E-state index in [0.29, 0.717) is 40.3 Å². The number of H-pyrrole nitrogens is 1. The van der Waals surface area contributed by atoms with Crippen molar-refractivity contribution in [3.05, 3.63) is 66.8 Å². The van der Waals surface area contributed by atoms with Gasteiger partial charge in [0.05, 0.1) is 29.6 Å². The number of hydrogen-bond acceptors (Lipinski definition) is 7. The molecular formula is C23H21Br2N5O3. The predicted molar refractivity (Wildman–Crippen MR) is 135 cm³/mol. The van der Waals surface area contributed by atoms with Crippen LogP contribution in [0, 0.1) is 11.3 Å². The Bertz CT molecular complexity index is 1250. The number of nitrogens with one attached hydrogen (secondary N) is 2. The van der Waals surface area contributed by atoms with Gasteiger partial charge in [-0.3, -0.25) is 9.78 Å². The van der Waals surface area contributed by atoms with Gasteiger partial charge in [-0.2, -0.15) is 10.4 Å². The molecule has 0 unspecified atom stereocenters. The van der Waals surface area contributed by atoms with Crippen molar-refractivity contribution in [1.82, 2.24) is 9.97 Å². The molecule has 0 atom stereocenters. The van der Waals surface area contributed by atoms with Gasteiger partial charge in [-0.05, 0) is 51.3 Å². The second-order valence-corrected chi connectivity index (χ2v) is 8.27. The minimum Gasteiger partial charge on any atom is -0.490 e. The molecular weight excluding hydrogens is 554 g/mol. The Morgan fingerprint density at radius 1 is 1.21 bits per heavy atom. The first-order valence-corrected chi connectivity index (χ1v) is 11.7. The zero-order chi connectivity index (χ0) is 23.8. The summed E-state index contributed by atoms with van der Waals surface area (Å²) < 4.78 is 13.0. The van der Waals surface area contributed by atoms with Gasteiger partial charge in [-0.15, -0.1) is 0 Å². The van der Waals surface area contributed by atoms with Crippen LogP contribution in [0.25, 0.3) is 11.3 Å². The standard InChI is InChI=1S/C23H21Br2N5O3/c1-3-10-33-21-17(32-4-2)11-15(18(24)19(21)25)13-27-30-23-28-20(14-8-6-5-7-9-14)16(12-26)22(31)29-23/h5-9,11,13H,3-4,10H2,1-2H3,(H2,28,29,30,31). The molecule has 10 heteroatoms. The lowest BCUT2D eigenvalue weighted by molar-refractivity contribution is 0.275. The highest BCUT2D eigenvalue weighted by molar-refractivity contribution is 9.13. The smallest absolute Gasteiger partial charge is 0.270 e. The van der Waals surface area contributed by atoms with Crippen molar-refractivity contribution in [1.29, 1.82) is 5.26 Å². The van der Waals surface area contributed by atoms with E-state index in [2.05, 4.69) is 52.4 Å². The van der Waals surface area contributed by atoms with Crippen LogP contribution in [0.5, 0.6) is 11.5 Å². The maximum Gasteiger partial charge on any atom is 0.270 e. The number of benzene rings is 2. The van der Waals surface area contributed by atoms with Gasteiger partial charge >= 0.3 is 0 Å². The van der Waals surface area contributed by atoms with Crippen LogP contribution in [0.2, 0.25) is 0 Å². The summed E-state index contributed by atoms with van der Waals surface area (Å²) in [6.45, 7) is 4.96. The SMILES string of the molecule is CCCOc1c(OCC)cc(C=NNc2nc(-c3ccccc3)c(C#N)c(=O)[nH]2)c(Br)c1Br. The minimum absolute atomic E-state index is 0.0635. The van der Waals surface area contributed by atoms with Crippen molar-refractivity contribution in [2.75, 3.05) is 18.6 Å². The number of anilines is 1. The van der Waals surface area contributed by atoms with Crippen molar-refractivity contribution < 1.29 is 9.47 Å². The second-order valence-electron chi connectivity index (χ2n) is 6.69. The predicted octanol–water partition coefficient (Wildman–Crippen LogP) is 5.47. The number of hydrogen-bond donors (Lipinski definition) is 2. The molecule has 0 saturated heterocycles. The number of hydrazone groups is 1. The molecule has 0 radical (unpaired) electrons. The molecule has 1 aromatic heterocycles. The number of ether oxygens (including phenoxy) is 2. The molecule has 33 heavy (non-hydrogen) atoms. The lowest BCUT2D eigenvalue weighted by Gasteiger charge is -2.15. The normalized spacial score (nSPS) is 10.8. The number of halogens is 2. The lowest BCUT2D eigenvalue weighted by Crippen LogP contribution is -2.16. The maximum atomic E-state index is 12.4. The van der Waals surface area contributed by atoms with Gasteiger partial charge in [0.1, 0.15) is 11.6 Å². The van der Waals surface area contributed by atoms with Crippen molar-refractivity contribution >= 4 is 44.0 Å². The molecule has 3 rings (SSSR count). The van der Waals surface area contributed by atoms with E-state index in [-0.39, 0.29) is 17.2 Å². The molecule has 0 aliphatic rings. The third-order valence-electron chi connectivity index (χ3n) is 4.36. The maximum absolute atomic E-state index is 12.4. The molecule has 0 saturated carbocycles. The number of aromatic nitrogens is 2. The Hall–Kier alpha value is -3.16. The molecule has 0 fully saturated rings. The largest absolute Gasteiger partial charge is 0.490 e. The van der Waals surface area contributed by atoms with Crippen molar-refractivity contribution in [3.63, 3.8) is 0 Å². The third-order valence-corrected chi connectivity index (χ3v) is 6.50. The van der Waals surface area contributed by atoms with E-state index in [0.717, 1.165) is 10.9 Å². The van der Waals surface area contributed by atoms with Gasteiger partial charge in [-0.1, -0.05) is 37.3 Å². The Kier molecular flexibility index (Phi) is 8.63. The van der Waals surface area contributed by atoms with E-state index in [1.165, 1.54) is 0 Å². The van der Waals surface area contributed by atoms with Gasteiger partial charge in [0.2, 0.25) is 5.95 Å². The average molecular weight is 575 g/mol. The van der Waals surface area contributed by atoms with Crippen LogP contribution in [0.4, 0.5) is 5.95 Å². The number of aromatic amines is 1. The first-order valence-electron chi connectivity index (χ1n) is 10.2. The van der Waals surface area contributed by atoms with Crippen LogP contribution in [0.1, 0.15) is 31.4 Å². The summed E-state index contributed by atoms with van der Waals surface area (Å²) in [5, 5.41) is 13.6. The van der Waals surface area contributed by atoms with Crippen LogP contribution in [0.15, 0.2) is 55.2 Å². The number of rotatable bonds is 9. The Morgan fingerprint density at radius 2 is 1.97 bits per heavy atom. The zero-order valence-electron chi connectivity index (χ0n) is 18.0. The van der Waals surface area contributed by atoms with Gasteiger partial charge in [0.15, 0.2) is 11.5 Å². The summed E-state index contributed by atoms with van der Waals surface area (Å²) in [4.78, 5) is 19.3. The summed E-state index contributed by atoms with van der Waals surface area (Å²) >= 11 is 7.11. The molecule has 3 aromatic rings. The summed E-state index contributed by atoms with van der Waals surface area (Å²) in [7, 11) is 0. The van der Waals surface area contributed by atoms with E-state index < -0.39 is 5.56 Å². The van der Waals surface area contributed by atoms with E-state index in [1.54, 1.807) is 24.4 Å². The third kappa shape index (κ3) is 5.80. The Labute approximate surface area is 207 Å². The quantitative estimate of drug-likeness (QED) is 0.259. The van der Waals surface area contributed by atoms with Gasteiger partial charge in [0.25, 0.3) is 5.56 Å². The first kappa shape index (κ1) is 24.5. The summed E-state index contributed by atoms with van der Waals surface area (Å²) in [5.41, 5.74) is 3.75. The van der Waals surface area contributed by atoms with E-state index in [9.17, 15) is 10.1 Å². The second kappa shape index (κ2) is 11.6. The van der Waals surface area contributed by atoms with Crippen LogP contribution in [-0.2, 0) is 0 Å². The van der Waals surface area contributed by atoms with E-state index >= 15 is 0 Å². The van der Waals surface area contributed by atoms with E-state index in [4.69, 9.17) is 9.47 Å². The first-order chi connectivity index (χ1) is 16.0. The van der Waals surface area contributed by atoms with Gasteiger partial charge < -0.3 is 9.47 Å². The van der Waals surface area contributed by atoms with Crippen molar-refractivity contribution in [3.8, 4) is 28.8 Å². The highest BCUT2D eigenvalue weighted by Gasteiger charge is 2.17. The monoisotopic (exact) mass is 573 g/mol. The van der Waals surface area contributed by atoms with Crippen molar-refractivity contribution in [2.45, 2.75) is 20.3 Å². The molecule has 2 N–H and O–H groups in total. The molecule has 1 heterocycles. The molecule has 8 nitrogen and oxygen atoms in total. The fourth-order valence-electron chi connectivity index (χ4n) is 2.90. The highest BCUT2D eigenvalue weighted by Crippen LogP contribution is 2.42. The van der Waals surface area contributed by atoms with E-state index in [1.807, 2.05) is 38.1 Å². The van der Waals surface area contributed by atoms with Gasteiger partial charge in [-0.25, -0.2) is 10.4 Å². The molecule has 2 aromatic carbocycles. The van der Waals surface area contributed by atoms with Gasteiger partial charge in [0, 0.05) is 15.6 Å². The molecule has 0 aliphatic heterocycles. The fraction of sp³-hybridized carbons (Fsp3) is 0.217. The van der Waals surface area contributed by atoms with Crippen LogP contribution >= 0.6 is 31.9 Å². The Morgan fingerprint density at radius 3 is 2.64 bits per heavy atom. The topological polar surface area (TPSA) is 112 Å². The molecule has 0 spiro atoms. The molecule has 0 bridgehead atoms. The summed E-state index contributed by atoms with van der Waals surface area (Å²) in [6.07, 6.45) is 2.42. The minimum atomic E-state index is -0.552. The highest BCUT2D eigenvalue weighted by atomic mass is 79.9. The van der Waals surface area contributed by atoms with Crippen molar-refractivity contribution in [2.24, 2.45) is 5.10 Å². The summed E-state index contributed by atoms with van der Waals surface area (Å²) in [6, 6.07) is 12.7. The zero-order valence-corrected chi connectivity index (χ0v) is 21.2. The fourth-order valence-corrected chi connectivity index (χ4v) is 3.83. The lowest BCUT2D eigenvalue weighted by atomic mass is 10.1.